The molecule has 1 aromatic carbocycles. The van der Waals surface area contributed by atoms with Gasteiger partial charge in [0, 0.05) is 5.56 Å². The molecule has 106 valence electrons. The van der Waals surface area contributed by atoms with Gasteiger partial charge < -0.3 is 10.1 Å². The van der Waals surface area contributed by atoms with Crippen LogP contribution in [0.2, 0.25) is 0 Å². The monoisotopic (exact) mass is 261 g/mol. The SMILES string of the molecule is COc1c(C2CCNCC2)cc(C)cc1C(C)(C)C. The van der Waals surface area contributed by atoms with Gasteiger partial charge in [-0.2, -0.15) is 0 Å². The van der Waals surface area contributed by atoms with E-state index in [0.29, 0.717) is 5.92 Å². The summed E-state index contributed by atoms with van der Waals surface area (Å²) in [7, 11) is 1.81. The van der Waals surface area contributed by atoms with Crippen LogP contribution in [0.15, 0.2) is 12.1 Å². The second kappa shape index (κ2) is 5.54. The van der Waals surface area contributed by atoms with Gasteiger partial charge in [0.25, 0.3) is 0 Å². The Morgan fingerprint density at radius 3 is 2.32 bits per heavy atom. The van der Waals surface area contributed by atoms with Crippen LogP contribution in [0.5, 0.6) is 5.75 Å². The maximum Gasteiger partial charge on any atom is 0.126 e. The van der Waals surface area contributed by atoms with Gasteiger partial charge in [-0.05, 0) is 49.8 Å². The predicted molar refractivity (Wildman–Crippen MR) is 81.3 cm³/mol. The van der Waals surface area contributed by atoms with Crippen LogP contribution in [0.1, 0.15) is 56.2 Å². The summed E-state index contributed by atoms with van der Waals surface area (Å²) in [5, 5.41) is 3.44. The molecule has 1 fully saturated rings. The molecule has 0 atom stereocenters. The lowest BCUT2D eigenvalue weighted by Gasteiger charge is -2.29. The van der Waals surface area contributed by atoms with E-state index in [4.69, 9.17) is 4.74 Å². The molecule has 1 saturated heterocycles. The summed E-state index contributed by atoms with van der Waals surface area (Å²) in [6, 6.07) is 4.60. The largest absolute Gasteiger partial charge is 0.496 e. The second-order valence-corrected chi connectivity index (χ2v) is 6.71. The highest BCUT2D eigenvalue weighted by atomic mass is 16.5. The van der Waals surface area contributed by atoms with Crippen LogP contribution in [0.4, 0.5) is 0 Å². The number of hydrogen-bond donors (Lipinski definition) is 1. The summed E-state index contributed by atoms with van der Waals surface area (Å²) in [6.45, 7) is 11.2. The van der Waals surface area contributed by atoms with E-state index in [1.165, 1.54) is 29.5 Å². The van der Waals surface area contributed by atoms with Crippen molar-refractivity contribution in [1.82, 2.24) is 5.32 Å². The lowest BCUT2D eigenvalue weighted by Crippen LogP contribution is -2.27. The Morgan fingerprint density at radius 2 is 1.79 bits per heavy atom. The number of hydrogen-bond acceptors (Lipinski definition) is 2. The molecule has 1 aromatic rings. The Morgan fingerprint density at radius 1 is 1.16 bits per heavy atom. The number of methoxy groups -OCH3 is 1. The Bertz CT molecular complexity index is 439. The van der Waals surface area contributed by atoms with Gasteiger partial charge in [0.2, 0.25) is 0 Å². The Labute approximate surface area is 117 Å². The molecule has 1 heterocycles. The van der Waals surface area contributed by atoms with E-state index in [2.05, 4.69) is 45.1 Å². The quantitative estimate of drug-likeness (QED) is 0.875. The fourth-order valence-electron chi connectivity index (χ4n) is 3.02. The first-order chi connectivity index (χ1) is 8.93. The topological polar surface area (TPSA) is 21.3 Å². The van der Waals surface area contributed by atoms with Crippen LogP contribution in [-0.4, -0.2) is 20.2 Å². The minimum Gasteiger partial charge on any atom is -0.496 e. The van der Waals surface area contributed by atoms with E-state index < -0.39 is 0 Å². The van der Waals surface area contributed by atoms with Crippen LogP contribution in [0.25, 0.3) is 0 Å². The van der Waals surface area contributed by atoms with Crippen LogP contribution in [0.3, 0.4) is 0 Å². The lowest BCUT2D eigenvalue weighted by molar-refractivity contribution is 0.377. The lowest BCUT2D eigenvalue weighted by atomic mass is 9.80. The van der Waals surface area contributed by atoms with Crippen molar-refractivity contribution >= 4 is 0 Å². The molecule has 0 unspecified atom stereocenters. The zero-order chi connectivity index (χ0) is 14.0. The highest BCUT2D eigenvalue weighted by Gasteiger charge is 2.26. The number of nitrogens with one attached hydrogen (secondary N) is 1. The zero-order valence-corrected chi connectivity index (χ0v) is 13.0. The van der Waals surface area contributed by atoms with E-state index >= 15 is 0 Å². The fourth-order valence-corrected chi connectivity index (χ4v) is 3.02. The summed E-state index contributed by atoms with van der Waals surface area (Å²) < 4.78 is 5.79. The number of aryl methyl sites for hydroxylation is 1. The highest BCUT2D eigenvalue weighted by Crippen LogP contribution is 2.40. The van der Waals surface area contributed by atoms with E-state index in [1.54, 1.807) is 0 Å². The Hall–Kier alpha value is -1.02. The van der Waals surface area contributed by atoms with Crippen molar-refractivity contribution in [2.45, 2.75) is 51.9 Å². The molecule has 1 aliphatic rings. The molecule has 0 amide bonds. The summed E-state index contributed by atoms with van der Waals surface area (Å²) in [4.78, 5) is 0. The van der Waals surface area contributed by atoms with Gasteiger partial charge in [0.05, 0.1) is 7.11 Å². The van der Waals surface area contributed by atoms with Gasteiger partial charge >= 0.3 is 0 Å². The number of ether oxygens (including phenoxy) is 1. The highest BCUT2D eigenvalue weighted by molar-refractivity contribution is 5.49. The Balaban J connectivity index is 2.50. The second-order valence-electron chi connectivity index (χ2n) is 6.71. The van der Waals surface area contributed by atoms with Crippen molar-refractivity contribution in [2.75, 3.05) is 20.2 Å². The van der Waals surface area contributed by atoms with E-state index in [0.717, 1.165) is 18.8 Å². The predicted octanol–water partition coefficient (Wildman–Crippen LogP) is 3.77. The third-order valence-electron chi connectivity index (χ3n) is 4.05. The third kappa shape index (κ3) is 3.11. The third-order valence-corrected chi connectivity index (χ3v) is 4.05. The van der Waals surface area contributed by atoms with Crippen LogP contribution in [-0.2, 0) is 5.41 Å². The first-order valence-corrected chi connectivity index (χ1v) is 7.33. The summed E-state index contributed by atoms with van der Waals surface area (Å²) in [6.07, 6.45) is 2.42. The first-order valence-electron chi connectivity index (χ1n) is 7.33. The standard InChI is InChI=1S/C17H27NO/c1-12-10-14(13-6-8-18-9-7-13)16(19-5)15(11-12)17(2,3)4/h10-11,13,18H,6-9H2,1-5H3. The average molecular weight is 261 g/mol. The summed E-state index contributed by atoms with van der Waals surface area (Å²) in [5.41, 5.74) is 4.22. The van der Waals surface area contributed by atoms with Crippen molar-refractivity contribution in [2.24, 2.45) is 0 Å². The van der Waals surface area contributed by atoms with E-state index in [-0.39, 0.29) is 5.41 Å². The van der Waals surface area contributed by atoms with Crippen LogP contribution >= 0.6 is 0 Å². The van der Waals surface area contributed by atoms with Crippen molar-refractivity contribution < 1.29 is 4.74 Å². The molecule has 0 aromatic heterocycles. The minimum absolute atomic E-state index is 0.124. The molecular weight excluding hydrogens is 234 g/mol. The van der Waals surface area contributed by atoms with Crippen molar-refractivity contribution in [3.8, 4) is 5.75 Å². The number of rotatable bonds is 2. The van der Waals surface area contributed by atoms with Gasteiger partial charge in [-0.1, -0.05) is 38.5 Å². The average Bonchev–Trinajstić information content (AvgIpc) is 2.37. The number of benzene rings is 1. The van der Waals surface area contributed by atoms with E-state index in [9.17, 15) is 0 Å². The molecular formula is C17H27NO. The van der Waals surface area contributed by atoms with Gasteiger partial charge in [-0.15, -0.1) is 0 Å². The van der Waals surface area contributed by atoms with Gasteiger partial charge in [0.1, 0.15) is 5.75 Å². The number of piperidine rings is 1. The van der Waals surface area contributed by atoms with Gasteiger partial charge in [0.15, 0.2) is 0 Å². The van der Waals surface area contributed by atoms with Crippen LogP contribution < -0.4 is 10.1 Å². The van der Waals surface area contributed by atoms with Gasteiger partial charge in [-0.25, -0.2) is 0 Å². The zero-order valence-electron chi connectivity index (χ0n) is 13.0. The molecule has 19 heavy (non-hydrogen) atoms. The molecule has 1 N–H and O–H groups in total. The molecule has 1 aliphatic heterocycles. The molecule has 2 nitrogen and oxygen atoms in total. The fraction of sp³-hybridized carbons (Fsp3) is 0.647. The normalized spacial score (nSPS) is 17.5. The molecule has 0 radical (unpaired) electrons. The maximum atomic E-state index is 5.79. The minimum atomic E-state index is 0.124. The molecule has 2 rings (SSSR count). The Kier molecular flexibility index (Phi) is 4.19. The van der Waals surface area contributed by atoms with Crippen LogP contribution in [0, 0.1) is 6.92 Å². The van der Waals surface area contributed by atoms with Crippen molar-refractivity contribution in [3.63, 3.8) is 0 Å². The molecule has 0 saturated carbocycles. The van der Waals surface area contributed by atoms with Crippen molar-refractivity contribution in [3.05, 3.63) is 28.8 Å². The molecule has 0 aliphatic carbocycles. The van der Waals surface area contributed by atoms with Gasteiger partial charge in [-0.3, -0.25) is 0 Å². The smallest absolute Gasteiger partial charge is 0.126 e. The molecule has 0 bridgehead atoms. The summed E-state index contributed by atoms with van der Waals surface area (Å²) >= 11 is 0. The van der Waals surface area contributed by atoms with E-state index in [1.807, 2.05) is 7.11 Å². The molecule has 0 spiro atoms. The maximum absolute atomic E-state index is 5.79. The first kappa shape index (κ1) is 14.4. The molecule has 2 heteroatoms. The summed E-state index contributed by atoms with van der Waals surface area (Å²) in [5.74, 6) is 1.75. The van der Waals surface area contributed by atoms with Crippen molar-refractivity contribution in [1.29, 1.82) is 0 Å².